The van der Waals surface area contributed by atoms with Crippen molar-refractivity contribution in [3.05, 3.63) is 168 Å². The largest absolute Gasteiger partial charge is 0.495 e. The van der Waals surface area contributed by atoms with Gasteiger partial charge in [-0.15, -0.1) is 11.3 Å². The van der Waals surface area contributed by atoms with Gasteiger partial charge in [0.15, 0.2) is 11.5 Å². The lowest BCUT2D eigenvalue weighted by Crippen LogP contribution is -2.44. The summed E-state index contributed by atoms with van der Waals surface area (Å²) in [5.74, 6) is 2.44. The van der Waals surface area contributed by atoms with Gasteiger partial charge in [-0.25, -0.2) is 15.0 Å². The molecule has 9 rings (SSSR count). The van der Waals surface area contributed by atoms with Gasteiger partial charge >= 0.3 is 0 Å². The SMILES string of the molecule is COc1cc(Nc2ncc(-c3cncs3)c(-c3ccc(-c4cn(C(c5ccccc5)(c5ccccc5)c5ccccc5)cn4)o3)n2)ccc1N1CCN(C)CC1. The van der Waals surface area contributed by atoms with Crippen LogP contribution in [0.25, 0.3) is 33.3 Å². The molecule has 1 saturated heterocycles. The summed E-state index contributed by atoms with van der Waals surface area (Å²) in [5.41, 5.74) is 8.51. The minimum absolute atomic E-state index is 0.434. The van der Waals surface area contributed by atoms with E-state index >= 15 is 0 Å². The number of anilines is 3. The third kappa shape index (κ3) is 6.61. The van der Waals surface area contributed by atoms with Gasteiger partial charge in [0.05, 0.1) is 29.5 Å². The van der Waals surface area contributed by atoms with E-state index < -0.39 is 5.54 Å². The highest BCUT2D eigenvalue weighted by Crippen LogP contribution is 2.42. The Balaban J connectivity index is 1.08. The van der Waals surface area contributed by atoms with Crippen molar-refractivity contribution in [3.8, 4) is 39.1 Å². The van der Waals surface area contributed by atoms with Crippen molar-refractivity contribution in [2.45, 2.75) is 5.54 Å². The Kier molecular flexibility index (Phi) is 9.60. The maximum Gasteiger partial charge on any atom is 0.227 e. The smallest absolute Gasteiger partial charge is 0.227 e. The first kappa shape index (κ1) is 35.2. The fourth-order valence-corrected chi connectivity index (χ4v) is 8.21. The van der Waals surface area contributed by atoms with Crippen LogP contribution in [0.5, 0.6) is 5.75 Å². The molecule has 56 heavy (non-hydrogen) atoms. The molecule has 1 aliphatic rings. The van der Waals surface area contributed by atoms with E-state index in [-0.39, 0.29) is 0 Å². The number of nitrogens with zero attached hydrogens (tertiary/aromatic N) is 7. The molecule has 11 heteroatoms. The number of thiazole rings is 1. The molecule has 0 aliphatic carbocycles. The summed E-state index contributed by atoms with van der Waals surface area (Å²) in [6, 6.07) is 41.7. The molecule has 0 atom stereocenters. The van der Waals surface area contributed by atoms with Crippen molar-refractivity contribution in [2.75, 3.05) is 50.6 Å². The van der Waals surface area contributed by atoms with Gasteiger partial charge in [0.1, 0.15) is 22.7 Å². The molecule has 4 aromatic heterocycles. The van der Waals surface area contributed by atoms with Gasteiger partial charge in [0, 0.05) is 62.1 Å². The lowest BCUT2D eigenvalue weighted by Gasteiger charge is -2.37. The van der Waals surface area contributed by atoms with Crippen molar-refractivity contribution in [1.29, 1.82) is 0 Å². The van der Waals surface area contributed by atoms with Crippen LogP contribution in [0.4, 0.5) is 17.3 Å². The third-order valence-corrected chi connectivity index (χ3v) is 11.2. The fraction of sp³-hybridized carbons (Fsp3) is 0.156. The van der Waals surface area contributed by atoms with Crippen molar-refractivity contribution in [2.24, 2.45) is 0 Å². The molecule has 4 aromatic carbocycles. The summed E-state index contributed by atoms with van der Waals surface area (Å²) in [5, 5.41) is 3.41. The zero-order chi connectivity index (χ0) is 37.9. The predicted octanol–water partition coefficient (Wildman–Crippen LogP) is 9.07. The Hall–Kier alpha value is -6.56. The summed E-state index contributed by atoms with van der Waals surface area (Å²) in [7, 11) is 3.86. The van der Waals surface area contributed by atoms with Crippen LogP contribution in [0.3, 0.4) is 0 Å². The van der Waals surface area contributed by atoms with Crippen LogP contribution < -0.4 is 15.0 Å². The molecule has 0 radical (unpaired) electrons. The van der Waals surface area contributed by atoms with E-state index in [1.165, 1.54) is 11.3 Å². The van der Waals surface area contributed by atoms with Crippen molar-refractivity contribution in [3.63, 3.8) is 0 Å². The second-order valence-electron chi connectivity index (χ2n) is 13.8. The van der Waals surface area contributed by atoms with Crippen LogP contribution in [0, 0.1) is 0 Å². The van der Waals surface area contributed by atoms with Crippen molar-refractivity contribution in [1.82, 2.24) is 29.4 Å². The highest BCUT2D eigenvalue weighted by molar-refractivity contribution is 7.13. The minimum atomic E-state index is -0.692. The summed E-state index contributed by atoms with van der Waals surface area (Å²) < 4.78 is 14.7. The van der Waals surface area contributed by atoms with Gasteiger partial charge < -0.3 is 28.8 Å². The average Bonchev–Trinajstić information content (AvgIpc) is 4.07. The van der Waals surface area contributed by atoms with Crippen LogP contribution in [-0.4, -0.2) is 69.7 Å². The van der Waals surface area contributed by atoms with E-state index in [4.69, 9.17) is 24.1 Å². The van der Waals surface area contributed by atoms with Crippen LogP contribution >= 0.6 is 11.3 Å². The number of rotatable bonds is 11. The number of furan rings is 1. The fourth-order valence-electron chi connectivity index (χ4n) is 7.57. The molecule has 5 heterocycles. The number of benzene rings is 4. The summed E-state index contributed by atoms with van der Waals surface area (Å²) >= 11 is 1.52. The molecule has 278 valence electrons. The second kappa shape index (κ2) is 15.3. The second-order valence-corrected chi connectivity index (χ2v) is 14.6. The maximum absolute atomic E-state index is 6.63. The van der Waals surface area contributed by atoms with E-state index in [1.54, 1.807) is 12.6 Å². The molecular weight excluding hydrogens is 717 g/mol. The number of methoxy groups -OCH3 is 1. The van der Waals surface area contributed by atoms with Gasteiger partial charge in [-0.05, 0) is 48.0 Å². The molecule has 1 fully saturated rings. The van der Waals surface area contributed by atoms with E-state index in [9.17, 15) is 0 Å². The molecule has 1 N–H and O–H groups in total. The molecule has 0 saturated carbocycles. The Bertz CT molecular complexity index is 2430. The first-order valence-corrected chi connectivity index (χ1v) is 19.4. The highest BCUT2D eigenvalue weighted by Gasteiger charge is 2.38. The molecule has 10 nitrogen and oxygen atoms in total. The zero-order valence-corrected chi connectivity index (χ0v) is 31.9. The Morgan fingerprint density at radius 1 is 0.750 bits per heavy atom. The predicted molar refractivity (Wildman–Crippen MR) is 223 cm³/mol. The van der Waals surface area contributed by atoms with Gasteiger partial charge in [0.2, 0.25) is 5.95 Å². The number of piperazine rings is 1. The van der Waals surface area contributed by atoms with E-state index in [0.29, 0.717) is 28.9 Å². The number of ether oxygens (including phenoxy) is 1. The van der Waals surface area contributed by atoms with E-state index in [0.717, 1.165) is 70.4 Å². The van der Waals surface area contributed by atoms with E-state index in [1.807, 2.05) is 61.2 Å². The first-order chi connectivity index (χ1) is 27.6. The quantitative estimate of drug-likeness (QED) is 0.130. The van der Waals surface area contributed by atoms with Gasteiger partial charge in [-0.3, -0.25) is 4.98 Å². The Morgan fingerprint density at radius 2 is 1.41 bits per heavy atom. The standard InChI is InChI=1S/C45H40N8O2S/c1-51-22-24-52(25-23-51)38-19-18-35(26-41(38)54-2)49-44-47-27-36(42-28-46-31-56-42)43(50-44)40-21-20-39(55-40)37-29-53(30-48-37)45(32-12-6-3-7-13-32,33-14-8-4-9-15-33)34-16-10-5-11-17-34/h3-21,26-31H,22-25H2,1-2H3,(H,47,49,50). The summed E-state index contributed by atoms with van der Waals surface area (Å²) in [6.07, 6.45) is 7.59. The monoisotopic (exact) mass is 756 g/mol. The van der Waals surface area contributed by atoms with Crippen molar-refractivity contribution >= 4 is 28.7 Å². The molecule has 0 amide bonds. The van der Waals surface area contributed by atoms with Gasteiger partial charge in [0.25, 0.3) is 0 Å². The number of nitrogens with one attached hydrogen (secondary N) is 1. The summed E-state index contributed by atoms with van der Waals surface area (Å²) in [6.45, 7) is 3.92. The van der Waals surface area contributed by atoms with E-state index in [2.05, 4.69) is 117 Å². The number of likely N-dealkylation sites (N-methyl/N-ethyl adjacent to an activating group) is 1. The highest BCUT2D eigenvalue weighted by atomic mass is 32.1. The number of hydrogen-bond acceptors (Lipinski definition) is 10. The summed E-state index contributed by atoms with van der Waals surface area (Å²) in [4.78, 5) is 24.6. The molecule has 0 unspecified atom stereocenters. The molecule has 0 bridgehead atoms. The van der Waals surface area contributed by atoms with Gasteiger partial charge in [-0.1, -0.05) is 91.0 Å². The Labute approximate surface area is 329 Å². The lowest BCUT2D eigenvalue weighted by molar-refractivity contribution is 0.311. The average molecular weight is 757 g/mol. The number of imidazole rings is 1. The van der Waals surface area contributed by atoms with Crippen LogP contribution in [0.15, 0.2) is 156 Å². The molecule has 8 aromatic rings. The minimum Gasteiger partial charge on any atom is -0.495 e. The number of aromatic nitrogens is 5. The normalized spacial score (nSPS) is 13.5. The van der Waals surface area contributed by atoms with Crippen LogP contribution in [-0.2, 0) is 5.54 Å². The molecular formula is C45H40N8O2S. The molecule has 1 aliphatic heterocycles. The third-order valence-electron chi connectivity index (χ3n) is 10.4. The lowest BCUT2D eigenvalue weighted by atomic mass is 9.77. The van der Waals surface area contributed by atoms with Gasteiger partial charge in [-0.2, -0.15) is 0 Å². The first-order valence-electron chi connectivity index (χ1n) is 18.6. The number of hydrogen-bond donors (Lipinski definition) is 1. The van der Waals surface area contributed by atoms with Crippen LogP contribution in [0.1, 0.15) is 16.7 Å². The zero-order valence-electron chi connectivity index (χ0n) is 31.1. The maximum atomic E-state index is 6.63. The van der Waals surface area contributed by atoms with Crippen LogP contribution in [0.2, 0.25) is 0 Å². The Morgan fingerprint density at radius 3 is 2.04 bits per heavy atom. The topological polar surface area (TPSA) is 97.4 Å². The van der Waals surface area contributed by atoms with Crippen molar-refractivity contribution < 1.29 is 9.15 Å². The molecule has 0 spiro atoms.